The molecule has 0 unspecified atom stereocenters. The van der Waals surface area contributed by atoms with Crippen LogP contribution in [0.15, 0.2) is 0 Å². The van der Waals surface area contributed by atoms with E-state index >= 15 is 0 Å². The average Bonchev–Trinajstić information content (AvgIpc) is 2.29. The van der Waals surface area contributed by atoms with Crippen molar-refractivity contribution in [2.24, 2.45) is 0 Å². The Morgan fingerprint density at radius 3 is 2.77 bits per heavy atom. The van der Waals surface area contributed by atoms with Crippen molar-refractivity contribution in [1.82, 2.24) is 4.90 Å². The predicted octanol–water partition coefficient (Wildman–Crippen LogP) is 0.427. The Kier molecular flexibility index (Phi) is 4.08. The highest BCUT2D eigenvalue weighted by molar-refractivity contribution is 7.99. The molecule has 1 amide bonds. The summed E-state index contributed by atoms with van der Waals surface area (Å²) in [5, 5.41) is 8.43. The molecule has 1 rings (SSSR count). The van der Waals surface area contributed by atoms with Gasteiger partial charge in [-0.2, -0.15) is 11.8 Å². The number of hydrogen-bond donors (Lipinski definition) is 1. The van der Waals surface area contributed by atoms with E-state index in [9.17, 15) is 9.59 Å². The van der Waals surface area contributed by atoms with Crippen LogP contribution < -0.4 is 0 Å². The molecule has 0 aromatic heterocycles. The molecular weight excluding hydrogens is 190 g/mol. The second-order valence-electron chi connectivity index (χ2n) is 2.92. The first-order valence-electron chi connectivity index (χ1n) is 4.27. The zero-order chi connectivity index (χ0) is 9.68. The van der Waals surface area contributed by atoms with Gasteiger partial charge in [-0.15, -0.1) is 0 Å². The Morgan fingerprint density at radius 2 is 2.08 bits per heavy atom. The number of amides is 1. The minimum atomic E-state index is -1.04. The molecule has 0 bridgehead atoms. The van der Waals surface area contributed by atoms with Gasteiger partial charge < -0.3 is 10.0 Å². The summed E-state index contributed by atoms with van der Waals surface area (Å²) >= 11 is 1.81. The Labute approximate surface area is 81.3 Å². The summed E-state index contributed by atoms with van der Waals surface area (Å²) in [5.41, 5.74) is 0. The molecular formula is C8H13NO3S. The average molecular weight is 203 g/mol. The minimum Gasteiger partial charge on any atom is -0.481 e. The largest absolute Gasteiger partial charge is 0.481 e. The van der Waals surface area contributed by atoms with Gasteiger partial charge in [0.05, 0.1) is 0 Å². The third-order valence-electron chi connectivity index (χ3n) is 1.88. The quantitative estimate of drug-likeness (QED) is 0.661. The van der Waals surface area contributed by atoms with E-state index < -0.39 is 5.97 Å². The maximum atomic E-state index is 11.3. The van der Waals surface area contributed by atoms with E-state index in [0.717, 1.165) is 17.9 Å². The SMILES string of the molecule is O=C(O)CC(=O)N1CCCSCC1. The first-order chi connectivity index (χ1) is 6.20. The van der Waals surface area contributed by atoms with Gasteiger partial charge in [-0.05, 0) is 12.2 Å². The Morgan fingerprint density at radius 1 is 1.31 bits per heavy atom. The summed E-state index contributed by atoms with van der Waals surface area (Å²) in [6, 6.07) is 0. The summed E-state index contributed by atoms with van der Waals surface area (Å²) in [6.45, 7) is 1.40. The molecule has 1 aliphatic rings. The molecule has 4 nitrogen and oxygen atoms in total. The van der Waals surface area contributed by atoms with Crippen LogP contribution in [0.25, 0.3) is 0 Å². The molecule has 0 aromatic carbocycles. The van der Waals surface area contributed by atoms with Crippen molar-refractivity contribution in [2.45, 2.75) is 12.8 Å². The van der Waals surface area contributed by atoms with Crippen molar-refractivity contribution < 1.29 is 14.7 Å². The molecule has 0 atom stereocenters. The highest BCUT2D eigenvalue weighted by Gasteiger charge is 2.17. The minimum absolute atomic E-state index is 0.255. The van der Waals surface area contributed by atoms with E-state index in [1.54, 1.807) is 4.90 Å². The highest BCUT2D eigenvalue weighted by Crippen LogP contribution is 2.10. The lowest BCUT2D eigenvalue weighted by Crippen LogP contribution is -2.34. The van der Waals surface area contributed by atoms with Crippen LogP contribution in [0.5, 0.6) is 0 Å². The van der Waals surface area contributed by atoms with Crippen molar-refractivity contribution in [3.63, 3.8) is 0 Å². The maximum absolute atomic E-state index is 11.3. The molecule has 1 saturated heterocycles. The third kappa shape index (κ3) is 3.67. The first kappa shape index (κ1) is 10.4. The van der Waals surface area contributed by atoms with Crippen LogP contribution in [0, 0.1) is 0 Å². The molecule has 5 heteroatoms. The molecule has 1 heterocycles. The molecule has 74 valence electrons. The number of hydrogen-bond acceptors (Lipinski definition) is 3. The van der Waals surface area contributed by atoms with E-state index in [-0.39, 0.29) is 12.3 Å². The fraction of sp³-hybridized carbons (Fsp3) is 0.750. The van der Waals surface area contributed by atoms with Gasteiger partial charge in [-0.1, -0.05) is 0 Å². The molecule has 0 aromatic rings. The van der Waals surface area contributed by atoms with Crippen molar-refractivity contribution in [2.75, 3.05) is 24.6 Å². The van der Waals surface area contributed by atoms with Crippen molar-refractivity contribution in [1.29, 1.82) is 0 Å². The van der Waals surface area contributed by atoms with Crippen LogP contribution in [0.2, 0.25) is 0 Å². The van der Waals surface area contributed by atoms with Gasteiger partial charge in [-0.3, -0.25) is 9.59 Å². The van der Waals surface area contributed by atoms with Crippen LogP contribution in [0.1, 0.15) is 12.8 Å². The Hall–Kier alpha value is -0.710. The predicted molar refractivity (Wildman–Crippen MR) is 50.8 cm³/mol. The maximum Gasteiger partial charge on any atom is 0.312 e. The zero-order valence-corrected chi connectivity index (χ0v) is 8.18. The summed E-state index contributed by atoms with van der Waals surface area (Å²) in [5.74, 6) is 0.694. The first-order valence-corrected chi connectivity index (χ1v) is 5.43. The van der Waals surface area contributed by atoms with Gasteiger partial charge in [0.2, 0.25) is 5.91 Å². The number of thioether (sulfide) groups is 1. The van der Waals surface area contributed by atoms with Gasteiger partial charge in [0.15, 0.2) is 0 Å². The van der Waals surface area contributed by atoms with Crippen LogP contribution in [-0.2, 0) is 9.59 Å². The van der Waals surface area contributed by atoms with Gasteiger partial charge in [0.25, 0.3) is 0 Å². The summed E-state index contributed by atoms with van der Waals surface area (Å²) < 4.78 is 0. The van der Waals surface area contributed by atoms with Crippen molar-refractivity contribution >= 4 is 23.6 Å². The van der Waals surface area contributed by atoms with E-state index in [0.29, 0.717) is 13.1 Å². The van der Waals surface area contributed by atoms with Crippen molar-refractivity contribution in [3.05, 3.63) is 0 Å². The molecule has 1 N–H and O–H groups in total. The summed E-state index contributed by atoms with van der Waals surface area (Å²) in [6.07, 6.45) is 0.598. The summed E-state index contributed by atoms with van der Waals surface area (Å²) in [4.78, 5) is 23.2. The topological polar surface area (TPSA) is 57.6 Å². The summed E-state index contributed by atoms with van der Waals surface area (Å²) in [7, 11) is 0. The fourth-order valence-electron chi connectivity index (χ4n) is 1.24. The zero-order valence-electron chi connectivity index (χ0n) is 7.36. The monoisotopic (exact) mass is 203 g/mol. The number of carbonyl (C=O) groups excluding carboxylic acids is 1. The number of rotatable bonds is 2. The molecule has 0 radical (unpaired) electrons. The van der Waals surface area contributed by atoms with Gasteiger partial charge in [0, 0.05) is 18.8 Å². The molecule has 13 heavy (non-hydrogen) atoms. The Balaban J connectivity index is 2.39. The highest BCUT2D eigenvalue weighted by atomic mass is 32.2. The number of carbonyl (C=O) groups is 2. The molecule has 1 aliphatic heterocycles. The van der Waals surface area contributed by atoms with Gasteiger partial charge in [-0.25, -0.2) is 0 Å². The normalized spacial score (nSPS) is 18.0. The number of aliphatic carboxylic acids is 1. The Bertz CT molecular complexity index is 200. The fourth-order valence-corrected chi connectivity index (χ4v) is 2.12. The van der Waals surface area contributed by atoms with Crippen LogP contribution >= 0.6 is 11.8 Å². The second-order valence-corrected chi connectivity index (χ2v) is 4.14. The van der Waals surface area contributed by atoms with E-state index in [2.05, 4.69) is 0 Å². The van der Waals surface area contributed by atoms with Gasteiger partial charge in [0.1, 0.15) is 6.42 Å². The van der Waals surface area contributed by atoms with Crippen LogP contribution in [-0.4, -0.2) is 46.5 Å². The molecule has 0 aliphatic carbocycles. The molecule has 1 fully saturated rings. The standard InChI is InChI=1S/C8H13NO3S/c10-7(6-8(11)12)9-2-1-4-13-5-3-9/h1-6H2,(H,11,12). The van der Waals surface area contributed by atoms with E-state index in [1.807, 2.05) is 11.8 Å². The lowest BCUT2D eigenvalue weighted by Gasteiger charge is -2.18. The number of carboxylic acid groups (broad SMARTS) is 1. The second kappa shape index (κ2) is 5.11. The van der Waals surface area contributed by atoms with E-state index in [4.69, 9.17) is 5.11 Å². The van der Waals surface area contributed by atoms with E-state index in [1.165, 1.54) is 0 Å². The van der Waals surface area contributed by atoms with Crippen LogP contribution in [0.4, 0.5) is 0 Å². The molecule has 0 spiro atoms. The van der Waals surface area contributed by atoms with Crippen molar-refractivity contribution in [3.8, 4) is 0 Å². The third-order valence-corrected chi connectivity index (χ3v) is 2.93. The lowest BCUT2D eigenvalue weighted by atomic mass is 10.3. The van der Waals surface area contributed by atoms with Crippen LogP contribution in [0.3, 0.4) is 0 Å². The number of carboxylic acids is 1. The van der Waals surface area contributed by atoms with Gasteiger partial charge >= 0.3 is 5.97 Å². The number of nitrogens with zero attached hydrogens (tertiary/aromatic N) is 1. The lowest BCUT2D eigenvalue weighted by molar-refractivity contribution is -0.144. The smallest absolute Gasteiger partial charge is 0.312 e. The molecule has 0 saturated carbocycles.